The Morgan fingerprint density at radius 3 is 2.82 bits per heavy atom. The minimum absolute atomic E-state index is 0.111. The number of nitrogens with zero attached hydrogens (tertiary/aromatic N) is 3. The number of allylic oxidation sites excluding steroid dienone is 3. The van der Waals surface area contributed by atoms with Crippen molar-refractivity contribution in [3.8, 4) is 11.4 Å². The van der Waals surface area contributed by atoms with Crippen LogP contribution in [0.3, 0.4) is 0 Å². The summed E-state index contributed by atoms with van der Waals surface area (Å²) in [5.74, 6) is 2.62. The molecule has 33 heavy (non-hydrogen) atoms. The van der Waals surface area contributed by atoms with E-state index in [4.69, 9.17) is 15.1 Å². The van der Waals surface area contributed by atoms with Gasteiger partial charge in [-0.3, -0.25) is 4.40 Å². The molecule has 0 saturated heterocycles. The van der Waals surface area contributed by atoms with E-state index in [1.54, 1.807) is 6.20 Å². The van der Waals surface area contributed by atoms with Gasteiger partial charge in [0, 0.05) is 37.1 Å². The average molecular weight is 436 g/mol. The Hall–Kier alpha value is -4.19. The fourth-order valence-electron chi connectivity index (χ4n) is 4.13. The molecule has 2 aromatic carbocycles. The Labute approximate surface area is 192 Å². The van der Waals surface area contributed by atoms with Gasteiger partial charge in [0.25, 0.3) is 0 Å². The van der Waals surface area contributed by atoms with Gasteiger partial charge in [-0.05, 0) is 35.8 Å². The Balaban J connectivity index is 1.46. The van der Waals surface area contributed by atoms with Crippen LogP contribution in [0.2, 0.25) is 0 Å². The number of anilines is 1. The van der Waals surface area contributed by atoms with Crippen molar-refractivity contribution in [2.24, 2.45) is 0 Å². The molecule has 1 atom stereocenters. The highest BCUT2D eigenvalue weighted by Gasteiger charge is 2.23. The summed E-state index contributed by atoms with van der Waals surface area (Å²) in [6.07, 6.45) is 12.2. The van der Waals surface area contributed by atoms with Crippen molar-refractivity contribution in [1.29, 1.82) is 5.41 Å². The topological polar surface area (TPSA) is 75.3 Å². The molecule has 164 valence electrons. The Kier molecular flexibility index (Phi) is 5.72. The highest BCUT2D eigenvalue weighted by atomic mass is 16.5. The van der Waals surface area contributed by atoms with Crippen molar-refractivity contribution in [3.63, 3.8) is 0 Å². The molecule has 0 spiro atoms. The number of benzene rings is 2. The molecule has 6 nitrogen and oxygen atoms in total. The van der Waals surface area contributed by atoms with Gasteiger partial charge in [0.1, 0.15) is 23.7 Å². The standard InChI is InChI=1S/C27H25N5O/c1-29-26-25-24(21-10-12-23(13-11-21)33-18-19-6-3-2-4-7-19)31-27(32(25)15-14-30-26)22-9-5-8-20(16-22)17-28/h2-10,12-17,21,28H,11,18H2,1H3,(H,29,30). The number of rotatable bonds is 7. The van der Waals surface area contributed by atoms with E-state index in [0.717, 1.165) is 51.7 Å². The molecule has 0 fully saturated rings. The molecule has 0 aliphatic heterocycles. The zero-order valence-electron chi connectivity index (χ0n) is 18.4. The number of imidazole rings is 1. The first-order valence-corrected chi connectivity index (χ1v) is 11.0. The summed E-state index contributed by atoms with van der Waals surface area (Å²) in [5, 5.41) is 10.8. The van der Waals surface area contributed by atoms with Gasteiger partial charge in [-0.2, -0.15) is 0 Å². The number of hydrogen-bond donors (Lipinski definition) is 2. The summed E-state index contributed by atoms with van der Waals surface area (Å²) in [7, 11) is 1.88. The highest BCUT2D eigenvalue weighted by molar-refractivity contribution is 5.81. The Morgan fingerprint density at radius 2 is 2.06 bits per heavy atom. The van der Waals surface area contributed by atoms with E-state index in [1.807, 2.05) is 61.8 Å². The third kappa shape index (κ3) is 4.15. The lowest BCUT2D eigenvalue weighted by Crippen LogP contribution is -2.04. The largest absolute Gasteiger partial charge is 0.489 e. The van der Waals surface area contributed by atoms with Gasteiger partial charge in [0.05, 0.1) is 5.69 Å². The summed E-state index contributed by atoms with van der Waals surface area (Å²) in [6, 6.07) is 18.1. The van der Waals surface area contributed by atoms with E-state index in [1.165, 1.54) is 6.21 Å². The lowest BCUT2D eigenvalue weighted by Gasteiger charge is -2.16. The third-order valence-corrected chi connectivity index (χ3v) is 5.80. The van der Waals surface area contributed by atoms with Gasteiger partial charge in [0.15, 0.2) is 5.82 Å². The van der Waals surface area contributed by atoms with Crippen LogP contribution < -0.4 is 5.32 Å². The van der Waals surface area contributed by atoms with Gasteiger partial charge < -0.3 is 15.5 Å². The Morgan fingerprint density at radius 1 is 1.18 bits per heavy atom. The van der Waals surface area contributed by atoms with E-state index in [0.29, 0.717) is 6.61 Å². The predicted octanol–water partition coefficient (Wildman–Crippen LogP) is 5.58. The number of aromatic nitrogens is 3. The normalized spacial score (nSPS) is 15.3. The maximum absolute atomic E-state index is 7.60. The van der Waals surface area contributed by atoms with Gasteiger partial charge in [-0.25, -0.2) is 9.97 Å². The van der Waals surface area contributed by atoms with Gasteiger partial charge in [-0.1, -0.05) is 54.6 Å². The maximum atomic E-state index is 7.60. The maximum Gasteiger partial charge on any atom is 0.152 e. The van der Waals surface area contributed by atoms with Crippen LogP contribution in [0.4, 0.5) is 5.82 Å². The van der Waals surface area contributed by atoms with Crippen LogP contribution in [-0.4, -0.2) is 27.6 Å². The molecule has 1 aliphatic carbocycles. The van der Waals surface area contributed by atoms with E-state index < -0.39 is 0 Å². The minimum Gasteiger partial charge on any atom is -0.489 e. The predicted molar refractivity (Wildman–Crippen MR) is 132 cm³/mol. The second kappa shape index (κ2) is 9.12. The number of hydrogen-bond acceptors (Lipinski definition) is 5. The quantitative estimate of drug-likeness (QED) is 0.372. The van der Waals surface area contributed by atoms with E-state index in [-0.39, 0.29) is 5.92 Å². The van der Waals surface area contributed by atoms with E-state index in [9.17, 15) is 0 Å². The Bertz CT molecular complexity index is 1350. The van der Waals surface area contributed by atoms with Crippen molar-refractivity contribution in [1.82, 2.24) is 14.4 Å². The highest BCUT2D eigenvalue weighted by Crippen LogP contribution is 2.35. The molecule has 1 aliphatic rings. The molecule has 2 N–H and O–H groups in total. The number of nitrogens with one attached hydrogen (secondary N) is 2. The lowest BCUT2D eigenvalue weighted by atomic mass is 9.96. The molecule has 2 heterocycles. The van der Waals surface area contributed by atoms with Crippen LogP contribution in [-0.2, 0) is 11.3 Å². The van der Waals surface area contributed by atoms with Crippen LogP contribution in [0.15, 0.2) is 91.0 Å². The molecule has 2 aromatic heterocycles. The molecule has 1 unspecified atom stereocenters. The van der Waals surface area contributed by atoms with Crippen LogP contribution >= 0.6 is 0 Å². The van der Waals surface area contributed by atoms with Crippen molar-refractivity contribution >= 4 is 17.5 Å². The summed E-state index contributed by atoms with van der Waals surface area (Å²) in [5.41, 5.74) is 4.89. The SMILES string of the molecule is CNc1nccn2c(-c3cccc(C=N)c3)nc(C3C=CC(OCc4ccccc4)=CC3)c12. The van der Waals surface area contributed by atoms with Gasteiger partial charge >= 0.3 is 0 Å². The van der Waals surface area contributed by atoms with Gasteiger partial charge in [0.2, 0.25) is 0 Å². The summed E-state index contributed by atoms with van der Waals surface area (Å²) >= 11 is 0. The van der Waals surface area contributed by atoms with E-state index in [2.05, 4.69) is 39.0 Å². The first kappa shape index (κ1) is 20.7. The second-order valence-corrected chi connectivity index (χ2v) is 7.92. The molecule has 0 amide bonds. The van der Waals surface area contributed by atoms with Crippen LogP contribution in [0.5, 0.6) is 0 Å². The van der Waals surface area contributed by atoms with Crippen molar-refractivity contribution < 1.29 is 4.74 Å². The average Bonchev–Trinajstić information content (AvgIpc) is 3.28. The monoisotopic (exact) mass is 435 g/mol. The molecular formula is C27H25N5O. The minimum atomic E-state index is 0.111. The molecule has 0 saturated carbocycles. The van der Waals surface area contributed by atoms with Crippen LogP contribution in [0.1, 0.15) is 29.2 Å². The molecule has 0 radical (unpaired) electrons. The van der Waals surface area contributed by atoms with Crippen LogP contribution in [0, 0.1) is 5.41 Å². The zero-order chi connectivity index (χ0) is 22.6. The smallest absolute Gasteiger partial charge is 0.152 e. The molecule has 5 rings (SSSR count). The number of ether oxygens (including phenoxy) is 1. The van der Waals surface area contributed by atoms with Gasteiger partial charge in [-0.15, -0.1) is 0 Å². The fraction of sp³-hybridized carbons (Fsp3) is 0.148. The molecule has 0 bridgehead atoms. The van der Waals surface area contributed by atoms with E-state index >= 15 is 0 Å². The van der Waals surface area contributed by atoms with Crippen LogP contribution in [0.25, 0.3) is 16.9 Å². The van der Waals surface area contributed by atoms with Crippen molar-refractivity contribution in [2.75, 3.05) is 12.4 Å². The first-order chi connectivity index (χ1) is 16.3. The zero-order valence-corrected chi connectivity index (χ0v) is 18.4. The van der Waals surface area contributed by atoms with Crippen molar-refractivity contribution in [3.05, 3.63) is 108 Å². The first-order valence-electron chi connectivity index (χ1n) is 11.0. The molecular weight excluding hydrogens is 410 g/mol. The number of fused-ring (bicyclic) bond motifs is 1. The summed E-state index contributed by atoms with van der Waals surface area (Å²) in [6.45, 7) is 0.552. The summed E-state index contributed by atoms with van der Waals surface area (Å²) in [4.78, 5) is 9.60. The summed E-state index contributed by atoms with van der Waals surface area (Å²) < 4.78 is 8.07. The lowest BCUT2D eigenvalue weighted by molar-refractivity contribution is 0.208. The van der Waals surface area contributed by atoms with Crippen molar-refractivity contribution in [2.45, 2.75) is 18.9 Å². The fourth-order valence-corrected chi connectivity index (χ4v) is 4.13. The molecule has 4 aromatic rings. The second-order valence-electron chi connectivity index (χ2n) is 7.92. The molecule has 6 heteroatoms. The third-order valence-electron chi connectivity index (χ3n) is 5.80.